The summed E-state index contributed by atoms with van der Waals surface area (Å²) in [6, 6.07) is 2.02. The lowest BCUT2D eigenvalue weighted by atomic mass is 10.2. The summed E-state index contributed by atoms with van der Waals surface area (Å²) >= 11 is 3.55. The third-order valence-corrected chi connectivity index (χ3v) is 4.85. The van der Waals surface area contributed by atoms with Crippen LogP contribution in [0, 0.1) is 6.92 Å². The second kappa shape index (κ2) is 8.62. The number of amides is 1. The summed E-state index contributed by atoms with van der Waals surface area (Å²) < 4.78 is 2.82. The Morgan fingerprint density at radius 3 is 2.67 bits per heavy atom. The van der Waals surface area contributed by atoms with Gasteiger partial charge in [0.25, 0.3) is 5.91 Å². The summed E-state index contributed by atoms with van der Waals surface area (Å²) in [6.07, 6.45) is 3.65. The van der Waals surface area contributed by atoms with Crippen LogP contribution in [0.3, 0.4) is 0 Å². The van der Waals surface area contributed by atoms with Crippen molar-refractivity contribution in [3.63, 3.8) is 0 Å². The Hall–Kier alpha value is -1.40. The summed E-state index contributed by atoms with van der Waals surface area (Å²) in [5.74, 6) is -0.0450. The summed E-state index contributed by atoms with van der Waals surface area (Å²) in [4.78, 5) is 19.7. The molecule has 24 heavy (non-hydrogen) atoms. The first kappa shape index (κ1) is 18.9. The van der Waals surface area contributed by atoms with Crippen molar-refractivity contribution in [1.82, 2.24) is 19.6 Å². The van der Waals surface area contributed by atoms with Gasteiger partial charge in [0, 0.05) is 12.7 Å². The molecule has 0 spiro atoms. The maximum absolute atomic E-state index is 12.7. The number of aryl methyl sites for hydroxylation is 2. The zero-order chi connectivity index (χ0) is 17.7. The Kier molecular flexibility index (Phi) is 6.80. The Balaban J connectivity index is 2.14. The van der Waals surface area contributed by atoms with Gasteiger partial charge in [-0.2, -0.15) is 0 Å². The molecule has 2 rings (SSSR count). The van der Waals surface area contributed by atoms with Crippen molar-refractivity contribution in [2.45, 2.75) is 40.5 Å². The van der Waals surface area contributed by atoms with E-state index in [1.165, 1.54) is 0 Å². The number of carbonyl (C=O) groups excluding carboxylic acids is 1. The predicted octanol–water partition coefficient (Wildman–Crippen LogP) is 3.43. The van der Waals surface area contributed by atoms with Gasteiger partial charge in [0.2, 0.25) is 0 Å². The lowest BCUT2D eigenvalue weighted by molar-refractivity contribution is 0.0945. The van der Waals surface area contributed by atoms with Crippen molar-refractivity contribution < 1.29 is 4.79 Å². The van der Waals surface area contributed by atoms with Crippen LogP contribution in [0.15, 0.2) is 16.7 Å². The van der Waals surface area contributed by atoms with Gasteiger partial charge in [-0.1, -0.05) is 20.8 Å². The Morgan fingerprint density at radius 2 is 2.04 bits per heavy atom. The second-order valence-electron chi connectivity index (χ2n) is 5.96. The first-order valence-electron chi connectivity index (χ1n) is 8.69. The molecule has 0 aliphatic rings. The van der Waals surface area contributed by atoms with E-state index in [1.807, 2.05) is 30.5 Å². The molecule has 5 nitrogen and oxygen atoms in total. The minimum atomic E-state index is -0.0450. The molecule has 132 valence electrons. The van der Waals surface area contributed by atoms with Gasteiger partial charge in [0.15, 0.2) is 5.65 Å². The van der Waals surface area contributed by atoms with E-state index in [-0.39, 0.29) is 5.91 Å². The van der Waals surface area contributed by atoms with Gasteiger partial charge in [0.05, 0.1) is 10.2 Å². The molecule has 0 bridgehead atoms. The number of fused-ring (bicyclic) bond motifs is 1. The van der Waals surface area contributed by atoms with Gasteiger partial charge < -0.3 is 10.2 Å². The Bertz CT molecular complexity index is 707. The molecule has 0 radical (unpaired) electrons. The number of hydrogen-bond donors (Lipinski definition) is 1. The number of nitrogens with one attached hydrogen (secondary N) is 1. The lowest BCUT2D eigenvalue weighted by Gasteiger charge is -2.17. The zero-order valence-corrected chi connectivity index (χ0v) is 16.6. The fourth-order valence-corrected chi connectivity index (χ4v) is 3.53. The summed E-state index contributed by atoms with van der Waals surface area (Å²) in [5.41, 5.74) is 3.37. The van der Waals surface area contributed by atoms with Crippen LogP contribution in [0.5, 0.6) is 0 Å². The smallest absolute Gasteiger partial charge is 0.270 e. The van der Waals surface area contributed by atoms with Gasteiger partial charge in [-0.05, 0) is 67.0 Å². The molecule has 1 N–H and O–H groups in total. The minimum absolute atomic E-state index is 0.0450. The largest absolute Gasteiger partial charge is 0.351 e. The van der Waals surface area contributed by atoms with Crippen molar-refractivity contribution in [2.24, 2.45) is 0 Å². The van der Waals surface area contributed by atoms with Gasteiger partial charge >= 0.3 is 0 Å². The maximum Gasteiger partial charge on any atom is 0.270 e. The molecule has 2 aromatic rings. The van der Waals surface area contributed by atoms with E-state index in [1.54, 1.807) is 0 Å². The molecular weight excluding hydrogens is 368 g/mol. The zero-order valence-electron chi connectivity index (χ0n) is 15.0. The average Bonchev–Trinajstić information content (AvgIpc) is 2.93. The molecule has 0 aliphatic heterocycles. The van der Waals surface area contributed by atoms with Crippen LogP contribution in [0.4, 0.5) is 0 Å². The van der Waals surface area contributed by atoms with Crippen LogP contribution in [-0.2, 0) is 6.42 Å². The molecule has 0 aliphatic carbocycles. The van der Waals surface area contributed by atoms with Crippen molar-refractivity contribution in [3.05, 3.63) is 33.7 Å². The molecule has 0 aromatic carbocycles. The van der Waals surface area contributed by atoms with Crippen molar-refractivity contribution in [1.29, 1.82) is 0 Å². The van der Waals surface area contributed by atoms with E-state index in [9.17, 15) is 4.79 Å². The van der Waals surface area contributed by atoms with Gasteiger partial charge in [-0.3, -0.25) is 9.20 Å². The molecule has 0 saturated heterocycles. The van der Waals surface area contributed by atoms with Crippen LogP contribution < -0.4 is 5.32 Å². The second-order valence-corrected chi connectivity index (χ2v) is 6.81. The van der Waals surface area contributed by atoms with E-state index in [2.05, 4.69) is 45.0 Å². The molecule has 2 heterocycles. The van der Waals surface area contributed by atoms with E-state index < -0.39 is 0 Å². The third-order valence-electron chi connectivity index (χ3n) is 4.27. The molecule has 0 saturated carbocycles. The topological polar surface area (TPSA) is 49.6 Å². The normalized spacial score (nSPS) is 11.4. The van der Waals surface area contributed by atoms with Crippen LogP contribution in [-0.4, -0.2) is 46.4 Å². The monoisotopic (exact) mass is 394 g/mol. The third kappa shape index (κ3) is 4.16. The standard InChI is InChI=1S/C18H27BrN4O/c1-5-15-16(18(24)20-9-8-10-22(6-2)7-3)23-12-13(4)11-14(19)17(23)21-15/h11-12H,5-10H2,1-4H3,(H,20,24). The first-order chi connectivity index (χ1) is 11.5. The van der Waals surface area contributed by atoms with Crippen LogP contribution in [0.25, 0.3) is 5.65 Å². The van der Waals surface area contributed by atoms with Crippen LogP contribution in [0.2, 0.25) is 0 Å². The number of carbonyl (C=O) groups is 1. The highest BCUT2D eigenvalue weighted by atomic mass is 79.9. The summed E-state index contributed by atoms with van der Waals surface area (Å²) in [6.45, 7) is 12.1. The average molecular weight is 395 g/mol. The van der Waals surface area contributed by atoms with Crippen LogP contribution in [0.1, 0.15) is 48.9 Å². The van der Waals surface area contributed by atoms with Gasteiger partial charge in [-0.25, -0.2) is 4.98 Å². The SMILES string of the molecule is CCc1nc2c(Br)cc(C)cn2c1C(=O)NCCCN(CC)CC. The Morgan fingerprint density at radius 1 is 1.33 bits per heavy atom. The molecule has 0 fully saturated rings. The molecule has 6 heteroatoms. The first-order valence-corrected chi connectivity index (χ1v) is 9.48. The fourth-order valence-electron chi connectivity index (χ4n) is 2.89. The number of nitrogens with zero attached hydrogens (tertiary/aromatic N) is 3. The quantitative estimate of drug-likeness (QED) is 0.697. The van der Waals surface area contributed by atoms with E-state index in [4.69, 9.17) is 0 Å². The molecule has 2 aromatic heterocycles. The summed E-state index contributed by atoms with van der Waals surface area (Å²) in [5, 5.41) is 3.05. The minimum Gasteiger partial charge on any atom is -0.351 e. The number of imidazole rings is 1. The van der Waals surface area contributed by atoms with E-state index in [0.717, 1.165) is 53.9 Å². The van der Waals surface area contributed by atoms with E-state index >= 15 is 0 Å². The predicted molar refractivity (Wildman–Crippen MR) is 102 cm³/mol. The van der Waals surface area contributed by atoms with Gasteiger partial charge in [0.1, 0.15) is 5.69 Å². The van der Waals surface area contributed by atoms with Crippen LogP contribution >= 0.6 is 15.9 Å². The molecular formula is C18H27BrN4O. The van der Waals surface area contributed by atoms with Crippen molar-refractivity contribution in [2.75, 3.05) is 26.2 Å². The van der Waals surface area contributed by atoms with E-state index in [0.29, 0.717) is 12.2 Å². The number of hydrogen-bond acceptors (Lipinski definition) is 3. The maximum atomic E-state index is 12.7. The van der Waals surface area contributed by atoms with Crippen molar-refractivity contribution in [3.8, 4) is 0 Å². The molecule has 1 amide bonds. The number of rotatable bonds is 8. The molecule has 0 unspecified atom stereocenters. The highest BCUT2D eigenvalue weighted by Crippen LogP contribution is 2.23. The number of halogens is 1. The Labute approximate surface area is 152 Å². The molecule has 0 atom stereocenters. The highest BCUT2D eigenvalue weighted by Gasteiger charge is 2.19. The number of pyridine rings is 1. The fraction of sp³-hybridized carbons (Fsp3) is 0.556. The number of aromatic nitrogens is 2. The van der Waals surface area contributed by atoms with Gasteiger partial charge in [-0.15, -0.1) is 0 Å². The summed E-state index contributed by atoms with van der Waals surface area (Å²) in [7, 11) is 0. The van der Waals surface area contributed by atoms with Crippen molar-refractivity contribution >= 4 is 27.5 Å². The highest BCUT2D eigenvalue weighted by molar-refractivity contribution is 9.10. The lowest BCUT2D eigenvalue weighted by Crippen LogP contribution is -2.30.